The van der Waals surface area contributed by atoms with E-state index < -0.39 is 35.7 Å². The number of nitrogens with zero attached hydrogens (tertiary/aromatic N) is 2. The third-order valence-corrected chi connectivity index (χ3v) is 7.77. The highest BCUT2D eigenvalue weighted by molar-refractivity contribution is 6.30. The Hall–Kier alpha value is -2.98. The molecule has 2 aliphatic heterocycles. The minimum absolute atomic E-state index is 0.200. The zero-order valence-electron chi connectivity index (χ0n) is 23.1. The zero-order valence-corrected chi connectivity index (χ0v) is 23.8. The molecule has 1 saturated heterocycles. The van der Waals surface area contributed by atoms with Crippen LogP contribution >= 0.6 is 11.6 Å². The summed E-state index contributed by atoms with van der Waals surface area (Å²) >= 11 is 6.16. The van der Waals surface area contributed by atoms with E-state index in [0.29, 0.717) is 43.3 Å². The molecule has 4 N–H and O–H groups in total. The largest absolute Gasteiger partial charge is 0.477 e. The van der Waals surface area contributed by atoms with Gasteiger partial charge in [-0.2, -0.15) is 0 Å². The molecule has 0 saturated carbocycles. The number of rotatable bonds is 12. The average molecular weight is 571 g/mol. The topological polar surface area (TPSA) is 126 Å². The molecule has 2 aromatic carbocycles. The highest BCUT2D eigenvalue weighted by atomic mass is 35.5. The Morgan fingerprint density at radius 3 is 2.70 bits per heavy atom. The first-order valence-corrected chi connectivity index (χ1v) is 14.2. The first-order chi connectivity index (χ1) is 19.2. The first kappa shape index (κ1) is 30.0. The molecule has 0 aliphatic carbocycles. The third-order valence-electron chi connectivity index (χ3n) is 7.54. The van der Waals surface area contributed by atoms with Gasteiger partial charge >= 0.3 is 0 Å². The first-order valence-electron chi connectivity index (χ1n) is 13.8. The fourth-order valence-electron chi connectivity index (χ4n) is 5.12. The van der Waals surface area contributed by atoms with Crippen molar-refractivity contribution in [2.45, 2.75) is 75.9 Å². The maximum Gasteiger partial charge on any atom is 0.248 e. The van der Waals surface area contributed by atoms with Gasteiger partial charge in [-0.3, -0.25) is 9.59 Å². The van der Waals surface area contributed by atoms with E-state index in [2.05, 4.69) is 5.32 Å². The van der Waals surface area contributed by atoms with Crippen molar-refractivity contribution in [3.63, 3.8) is 0 Å². The summed E-state index contributed by atoms with van der Waals surface area (Å²) in [5, 5.41) is 13.8. The van der Waals surface area contributed by atoms with Crippen LogP contribution in [-0.4, -0.2) is 77.2 Å². The lowest BCUT2D eigenvalue weighted by molar-refractivity contribution is -0.141. The number of aliphatic hydroxyl groups is 1. The molecule has 0 bridgehead atoms. The van der Waals surface area contributed by atoms with Crippen LogP contribution in [0.3, 0.4) is 0 Å². The summed E-state index contributed by atoms with van der Waals surface area (Å²) in [5.74, 6) is -0.250. The van der Waals surface area contributed by atoms with Crippen molar-refractivity contribution < 1.29 is 24.2 Å². The quantitative estimate of drug-likeness (QED) is 0.360. The lowest BCUT2D eigenvalue weighted by Crippen LogP contribution is -2.58. The van der Waals surface area contributed by atoms with Crippen LogP contribution in [-0.2, 0) is 32.1 Å². The molecule has 0 spiro atoms. The summed E-state index contributed by atoms with van der Waals surface area (Å²) in [7, 11) is 0. The van der Waals surface area contributed by atoms with Gasteiger partial charge in [0.1, 0.15) is 24.2 Å². The summed E-state index contributed by atoms with van der Waals surface area (Å²) in [6, 6.07) is 15.0. The van der Waals surface area contributed by atoms with Crippen molar-refractivity contribution in [1.29, 1.82) is 0 Å². The van der Waals surface area contributed by atoms with Crippen LogP contribution < -0.4 is 11.1 Å². The third kappa shape index (κ3) is 7.20. The monoisotopic (exact) mass is 570 g/mol. The molecule has 40 heavy (non-hydrogen) atoms. The maximum absolute atomic E-state index is 14.0. The van der Waals surface area contributed by atoms with Gasteiger partial charge in [0.05, 0.1) is 25.4 Å². The van der Waals surface area contributed by atoms with E-state index >= 15 is 0 Å². The number of hydrogen-bond donors (Lipinski definition) is 3. The Bertz CT molecular complexity index is 1200. The molecular weight excluding hydrogens is 532 g/mol. The molecule has 5 atom stereocenters. The number of aliphatic hydroxyl groups excluding tert-OH is 1. The number of halogens is 1. The molecule has 0 radical (unpaired) electrons. The summed E-state index contributed by atoms with van der Waals surface area (Å²) < 4.78 is 12.1. The zero-order chi connectivity index (χ0) is 28.7. The van der Waals surface area contributed by atoms with Crippen LogP contribution in [0.4, 0.5) is 0 Å². The Balaban J connectivity index is 1.52. The molecule has 9 nitrogen and oxygen atoms in total. The van der Waals surface area contributed by atoms with Gasteiger partial charge in [-0.25, -0.2) is 4.99 Å². The molecule has 4 rings (SSSR count). The summed E-state index contributed by atoms with van der Waals surface area (Å²) in [4.78, 5) is 33.3. The number of ether oxygens (including phenoxy) is 2. The van der Waals surface area contributed by atoms with Gasteiger partial charge in [0, 0.05) is 18.0 Å². The molecule has 0 aromatic heterocycles. The van der Waals surface area contributed by atoms with Gasteiger partial charge in [0.15, 0.2) is 0 Å². The maximum atomic E-state index is 14.0. The highest BCUT2D eigenvalue weighted by Gasteiger charge is 2.44. The van der Waals surface area contributed by atoms with Crippen LogP contribution in [0.25, 0.3) is 0 Å². The minimum Gasteiger partial charge on any atom is -0.477 e. The van der Waals surface area contributed by atoms with Crippen LogP contribution in [0.15, 0.2) is 59.6 Å². The fourth-order valence-corrected chi connectivity index (χ4v) is 5.33. The number of amides is 2. The highest BCUT2D eigenvalue weighted by Crippen LogP contribution is 2.30. The van der Waals surface area contributed by atoms with E-state index in [-0.39, 0.29) is 19.1 Å². The number of carbonyl (C=O) groups excluding carboxylic acids is 2. The van der Waals surface area contributed by atoms with Crippen molar-refractivity contribution in [3.8, 4) is 0 Å². The minimum atomic E-state index is -0.939. The van der Waals surface area contributed by atoms with Gasteiger partial charge in [-0.1, -0.05) is 61.0 Å². The van der Waals surface area contributed by atoms with E-state index in [4.69, 9.17) is 31.8 Å². The Labute approximate surface area is 240 Å². The van der Waals surface area contributed by atoms with E-state index in [1.165, 1.54) is 0 Å². The van der Waals surface area contributed by atoms with E-state index in [0.717, 1.165) is 17.5 Å². The molecule has 4 unspecified atom stereocenters. The number of nitrogens with one attached hydrogen (secondary N) is 1. The van der Waals surface area contributed by atoms with Gasteiger partial charge in [-0.15, -0.1) is 0 Å². The smallest absolute Gasteiger partial charge is 0.248 e. The molecule has 2 amide bonds. The second kappa shape index (κ2) is 13.6. The summed E-state index contributed by atoms with van der Waals surface area (Å²) in [5.41, 5.74) is 7.02. The fraction of sp³-hybridized carbons (Fsp3) is 0.500. The molecule has 2 aromatic rings. The normalized spacial score (nSPS) is 22.8. The summed E-state index contributed by atoms with van der Waals surface area (Å²) in [6.45, 7) is 4.37. The van der Waals surface area contributed by atoms with E-state index in [9.17, 15) is 14.7 Å². The van der Waals surface area contributed by atoms with E-state index in [1.54, 1.807) is 17.9 Å². The van der Waals surface area contributed by atoms with Gasteiger partial charge in [-0.05, 0) is 49.4 Å². The van der Waals surface area contributed by atoms with Gasteiger partial charge < -0.3 is 30.5 Å². The van der Waals surface area contributed by atoms with E-state index in [1.807, 2.05) is 55.5 Å². The van der Waals surface area contributed by atoms with Gasteiger partial charge in [0.25, 0.3) is 0 Å². The lowest BCUT2D eigenvalue weighted by Gasteiger charge is -2.32. The predicted molar refractivity (Wildman–Crippen MR) is 154 cm³/mol. The molecule has 216 valence electrons. The van der Waals surface area contributed by atoms with Crippen molar-refractivity contribution in [2.75, 3.05) is 19.8 Å². The SMILES string of the molecule is CCC(N)C(=O)NC(C(=O)N1CCCC1C1=N[C@](CO)(Cc2cccc(Cl)c2)CO1)C(C)OCc1ccccc1. The molecular formula is C30H39ClN4O5. The number of hydrogen-bond acceptors (Lipinski definition) is 7. The Morgan fingerprint density at radius 1 is 1.25 bits per heavy atom. The van der Waals surface area contributed by atoms with Crippen LogP contribution in [0.5, 0.6) is 0 Å². The standard InChI is InChI=1S/C30H39ClN4O5/c1-3-24(32)27(37)33-26(20(2)39-17-21-9-5-4-6-10-21)29(38)35-14-8-13-25(35)28-34-30(18-36,19-40-28)16-22-11-7-12-23(31)15-22/h4-7,9-12,15,20,24-26,36H,3,8,13-14,16-19,32H2,1-2H3,(H,33,37)/t20?,24?,25?,26?,30-/m0/s1. The number of nitrogens with two attached hydrogens (primary N) is 1. The second-order valence-electron chi connectivity index (χ2n) is 10.6. The van der Waals surface area contributed by atoms with Crippen LogP contribution in [0, 0.1) is 0 Å². The Kier molecular flexibility index (Phi) is 10.2. The molecule has 10 heteroatoms. The summed E-state index contributed by atoms with van der Waals surface area (Å²) in [6.07, 6.45) is 1.70. The van der Waals surface area contributed by atoms with Crippen LogP contribution in [0.1, 0.15) is 44.2 Å². The number of aliphatic imine (C=N–C) groups is 1. The van der Waals surface area contributed by atoms with Crippen molar-refractivity contribution in [3.05, 3.63) is 70.7 Å². The van der Waals surface area contributed by atoms with Crippen molar-refractivity contribution >= 4 is 29.3 Å². The Morgan fingerprint density at radius 2 is 2.00 bits per heavy atom. The predicted octanol–water partition coefficient (Wildman–Crippen LogP) is 2.86. The van der Waals surface area contributed by atoms with Crippen molar-refractivity contribution in [2.24, 2.45) is 10.7 Å². The number of benzene rings is 2. The number of carbonyl (C=O) groups is 2. The average Bonchev–Trinajstić information content (AvgIpc) is 3.62. The van der Waals surface area contributed by atoms with Gasteiger partial charge in [0.2, 0.25) is 17.7 Å². The lowest BCUT2D eigenvalue weighted by atomic mass is 9.93. The second-order valence-corrected chi connectivity index (χ2v) is 11.1. The number of likely N-dealkylation sites (tertiary alicyclic amines) is 1. The van der Waals surface area contributed by atoms with Crippen molar-refractivity contribution in [1.82, 2.24) is 10.2 Å². The van der Waals surface area contributed by atoms with Crippen LogP contribution in [0.2, 0.25) is 5.02 Å². The molecule has 1 fully saturated rings. The molecule has 2 heterocycles. The molecule has 2 aliphatic rings.